The molecule has 2 heterocycles. The van der Waals surface area contributed by atoms with E-state index in [1.54, 1.807) is 6.07 Å². The van der Waals surface area contributed by atoms with Crippen LogP contribution in [0, 0.1) is 6.92 Å². The third-order valence-corrected chi connectivity index (χ3v) is 5.04. The number of nitrogens with zero attached hydrogens (tertiary/aromatic N) is 3. The minimum Gasteiger partial charge on any atom is -0.478 e. The van der Waals surface area contributed by atoms with Crippen LogP contribution in [0.2, 0.25) is 0 Å². The molecule has 0 amide bonds. The smallest absolute Gasteiger partial charge is 0.338 e. The van der Waals surface area contributed by atoms with E-state index in [1.807, 2.05) is 6.92 Å². The Balaban J connectivity index is 2.01. The molecule has 1 aliphatic carbocycles. The van der Waals surface area contributed by atoms with Gasteiger partial charge in [-0.1, -0.05) is 0 Å². The van der Waals surface area contributed by atoms with Gasteiger partial charge in [0.05, 0.1) is 5.56 Å². The second-order valence-electron chi connectivity index (χ2n) is 4.67. The van der Waals surface area contributed by atoms with Gasteiger partial charge >= 0.3 is 5.97 Å². The highest BCUT2D eigenvalue weighted by atomic mass is 32.2. The zero-order valence-corrected chi connectivity index (χ0v) is 12.6. The maximum absolute atomic E-state index is 11.4. The van der Waals surface area contributed by atoms with Crippen LogP contribution in [0.25, 0.3) is 0 Å². The zero-order chi connectivity index (χ0) is 14.1. The molecule has 0 aromatic carbocycles. The van der Waals surface area contributed by atoms with Crippen molar-refractivity contribution in [2.75, 3.05) is 0 Å². The van der Waals surface area contributed by atoms with E-state index in [1.165, 1.54) is 23.3 Å². The highest BCUT2D eigenvalue weighted by molar-refractivity contribution is 8.01. The van der Waals surface area contributed by atoms with Gasteiger partial charge < -0.3 is 5.11 Å². The number of fused-ring (bicyclic) bond motifs is 1. The Hall–Kier alpha value is -1.47. The molecule has 1 aliphatic rings. The Morgan fingerprint density at radius 1 is 1.35 bits per heavy atom. The summed E-state index contributed by atoms with van der Waals surface area (Å²) in [5.41, 5.74) is 2.37. The van der Waals surface area contributed by atoms with E-state index in [-0.39, 0.29) is 5.56 Å². The van der Waals surface area contributed by atoms with Crippen LogP contribution in [0.1, 0.15) is 40.3 Å². The number of aromatic nitrogens is 3. The number of carbonyl (C=O) groups is 1. The quantitative estimate of drug-likeness (QED) is 0.939. The van der Waals surface area contributed by atoms with Crippen molar-refractivity contribution in [2.24, 2.45) is 0 Å². The Kier molecular flexibility index (Phi) is 3.71. The standard InChI is InChI=1S/C13H13N3O2S2/c1-7-14-13(20-16-7)19-11-9(12(17)18)6-8-4-2-3-5-10(8)15-11/h6H,2-5H2,1H3,(H,17,18). The SMILES string of the molecule is Cc1nsc(Sc2nc3c(cc2C(=O)O)CCCC3)n1. The molecule has 0 aliphatic heterocycles. The lowest BCUT2D eigenvalue weighted by molar-refractivity contribution is 0.0692. The highest BCUT2D eigenvalue weighted by Gasteiger charge is 2.20. The van der Waals surface area contributed by atoms with E-state index < -0.39 is 5.97 Å². The van der Waals surface area contributed by atoms with Gasteiger partial charge in [-0.25, -0.2) is 14.8 Å². The summed E-state index contributed by atoms with van der Waals surface area (Å²) in [6.45, 7) is 1.82. The first-order valence-corrected chi connectivity index (χ1v) is 7.97. The molecular formula is C13H13N3O2S2. The van der Waals surface area contributed by atoms with Crippen molar-refractivity contribution in [1.82, 2.24) is 14.3 Å². The molecule has 0 atom stereocenters. The fourth-order valence-corrected chi connectivity index (χ4v) is 3.92. The first-order valence-electron chi connectivity index (χ1n) is 6.38. The Morgan fingerprint density at radius 2 is 2.15 bits per heavy atom. The van der Waals surface area contributed by atoms with E-state index >= 15 is 0 Å². The van der Waals surface area contributed by atoms with Crippen molar-refractivity contribution < 1.29 is 9.90 Å². The molecule has 20 heavy (non-hydrogen) atoms. The number of carboxylic acid groups (broad SMARTS) is 1. The van der Waals surface area contributed by atoms with Crippen LogP contribution >= 0.6 is 23.3 Å². The van der Waals surface area contributed by atoms with E-state index in [4.69, 9.17) is 0 Å². The molecule has 104 valence electrons. The molecule has 5 nitrogen and oxygen atoms in total. The summed E-state index contributed by atoms with van der Waals surface area (Å²) in [6, 6.07) is 1.78. The molecule has 0 unspecified atom stereocenters. The van der Waals surface area contributed by atoms with Gasteiger partial charge in [0, 0.05) is 5.69 Å². The van der Waals surface area contributed by atoms with Gasteiger partial charge in [0.1, 0.15) is 10.9 Å². The fraction of sp³-hybridized carbons (Fsp3) is 0.385. The van der Waals surface area contributed by atoms with Crippen LogP contribution in [-0.2, 0) is 12.8 Å². The van der Waals surface area contributed by atoms with Gasteiger partial charge in [-0.3, -0.25) is 0 Å². The Labute approximate surface area is 124 Å². The number of rotatable bonds is 3. The van der Waals surface area contributed by atoms with Gasteiger partial charge in [-0.2, -0.15) is 4.37 Å². The second kappa shape index (κ2) is 5.49. The molecular weight excluding hydrogens is 294 g/mol. The minimum absolute atomic E-state index is 0.267. The van der Waals surface area contributed by atoms with Crippen LogP contribution in [0.5, 0.6) is 0 Å². The predicted octanol–water partition coefficient (Wildman–Crippen LogP) is 2.97. The predicted molar refractivity (Wildman–Crippen MR) is 76.6 cm³/mol. The lowest BCUT2D eigenvalue weighted by atomic mass is 9.95. The number of carboxylic acids is 1. The van der Waals surface area contributed by atoms with Crippen molar-refractivity contribution >= 4 is 29.3 Å². The van der Waals surface area contributed by atoms with Crippen LogP contribution in [-0.4, -0.2) is 25.4 Å². The topological polar surface area (TPSA) is 76.0 Å². The lowest BCUT2D eigenvalue weighted by Gasteiger charge is -2.16. The van der Waals surface area contributed by atoms with Crippen LogP contribution < -0.4 is 0 Å². The maximum atomic E-state index is 11.4. The summed E-state index contributed by atoms with van der Waals surface area (Å²) in [7, 11) is 0. The van der Waals surface area contributed by atoms with Gasteiger partial charge in [0.25, 0.3) is 0 Å². The van der Waals surface area contributed by atoms with E-state index in [9.17, 15) is 9.90 Å². The summed E-state index contributed by atoms with van der Waals surface area (Å²) in [5.74, 6) is -0.234. The molecule has 7 heteroatoms. The number of hydrogen-bond donors (Lipinski definition) is 1. The van der Waals surface area contributed by atoms with Crippen LogP contribution in [0.15, 0.2) is 15.4 Å². The van der Waals surface area contributed by atoms with Crippen molar-refractivity contribution in [3.05, 3.63) is 28.7 Å². The Bertz CT molecular complexity index is 670. The summed E-state index contributed by atoms with van der Waals surface area (Å²) < 4.78 is 4.84. The van der Waals surface area contributed by atoms with Crippen molar-refractivity contribution in [2.45, 2.75) is 42.0 Å². The third-order valence-electron chi connectivity index (χ3n) is 3.19. The van der Waals surface area contributed by atoms with E-state index in [0.29, 0.717) is 10.9 Å². The second-order valence-corrected chi connectivity index (χ2v) is 6.66. The molecule has 2 aromatic rings. The fourth-order valence-electron chi connectivity index (χ4n) is 2.25. The summed E-state index contributed by atoms with van der Waals surface area (Å²) >= 11 is 2.56. The first kappa shape index (κ1) is 13.5. The van der Waals surface area contributed by atoms with Gasteiger partial charge in [0.15, 0.2) is 4.34 Å². The third kappa shape index (κ3) is 2.69. The summed E-state index contributed by atoms with van der Waals surface area (Å²) in [6.07, 6.45) is 4.08. The van der Waals surface area contributed by atoms with Crippen LogP contribution in [0.4, 0.5) is 0 Å². The van der Waals surface area contributed by atoms with Crippen molar-refractivity contribution in [1.29, 1.82) is 0 Å². The van der Waals surface area contributed by atoms with Gasteiger partial charge in [-0.15, -0.1) is 0 Å². The summed E-state index contributed by atoms with van der Waals surface area (Å²) in [5, 5.41) is 9.89. The molecule has 2 aromatic heterocycles. The molecule has 0 radical (unpaired) electrons. The summed E-state index contributed by atoms with van der Waals surface area (Å²) in [4.78, 5) is 20.2. The maximum Gasteiger partial charge on any atom is 0.338 e. The monoisotopic (exact) mass is 307 g/mol. The zero-order valence-electron chi connectivity index (χ0n) is 10.9. The molecule has 0 saturated heterocycles. The number of hydrogen-bond acceptors (Lipinski definition) is 6. The van der Waals surface area contributed by atoms with Crippen molar-refractivity contribution in [3.63, 3.8) is 0 Å². The van der Waals surface area contributed by atoms with Gasteiger partial charge in [0.2, 0.25) is 0 Å². The van der Waals surface area contributed by atoms with Crippen molar-refractivity contribution in [3.8, 4) is 0 Å². The molecule has 0 fully saturated rings. The van der Waals surface area contributed by atoms with E-state index in [0.717, 1.165) is 41.3 Å². The molecule has 3 rings (SSSR count). The lowest BCUT2D eigenvalue weighted by Crippen LogP contribution is -2.10. The molecule has 0 spiro atoms. The number of aromatic carboxylic acids is 1. The van der Waals surface area contributed by atoms with E-state index in [2.05, 4.69) is 14.3 Å². The number of aryl methyl sites for hydroxylation is 3. The highest BCUT2D eigenvalue weighted by Crippen LogP contribution is 2.33. The largest absolute Gasteiger partial charge is 0.478 e. The minimum atomic E-state index is -0.936. The normalized spacial score (nSPS) is 14.1. The van der Waals surface area contributed by atoms with Gasteiger partial charge in [-0.05, 0) is 67.5 Å². The molecule has 0 saturated carbocycles. The average Bonchev–Trinajstić information content (AvgIpc) is 2.83. The molecule has 0 bridgehead atoms. The average molecular weight is 307 g/mol. The van der Waals surface area contributed by atoms with Crippen LogP contribution in [0.3, 0.4) is 0 Å². The molecule has 1 N–H and O–H groups in total. The first-order chi connectivity index (χ1) is 9.63. The number of pyridine rings is 1. The Morgan fingerprint density at radius 3 is 2.85 bits per heavy atom.